The average Bonchev–Trinajstić information content (AvgIpc) is 3.46. The van der Waals surface area contributed by atoms with Crippen LogP contribution in [0.2, 0.25) is 0 Å². The van der Waals surface area contributed by atoms with Crippen molar-refractivity contribution in [3.8, 4) is 0 Å². The van der Waals surface area contributed by atoms with Crippen LogP contribution in [0, 0.1) is 0 Å². The lowest BCUT2D eigenvalue weighted by Gasteiger charge is -2.46. The number of hydrogen-bond acceptors (Lipinski definition) is 13. The largest absolute Gasteiger partial charge is 0.394 e. The molecule has 0 spiro atoms. The van der Waals surface area contributed by atoms with Crippen molar-refractivity contribution in [1.29, 1.82) is 0 Å². The summed E-state index contributed by atoms with van der Waals surface area (Å²) in [5, 5.41) is 87.6. The fraction of sp³-hybridized carbons (Fsp3) is 0.985. The minimum absolute atomic E-state index is 0.197. The summed E-state index contributed by atoms with van der Waals surface area (Å²) in [6.07, 6.45) is 44.0. The predicted molar refractivity (Wildman–Crippen MR) is 323 cm³/mol. The van der Waals surface area contributed by atoms with Gasteiger partial charge in [0.2, 0.25) is 5.91 Å². The molecular formula is C66H129NO13. The zero-order chi connectivity index (χ0) is 58.1. The van der Waals surface area contributed by atoms with Gasteiger partial charge in [-0.05, 0) is 12.8 Å². The molecule has 2 rings (SSSR count). The van der Waals surface area contributed by atoms with Crippen LogP contribution in [0.25, 0.3) is 0 Å². The van der Waals surface area contributed by atoms with E-state index in [9.17, 15) is 45.6 Å². The van der Waals surface area contributed by atoms with Crippen LogP contribution in [0.3, 0.4) is 0 Å². The minimum Gasteiger partial charge on any atom is -0.394 e. The molecule has 0 aliphatic carbocycles. The van der Waals surface area contributed by atoms with Crippen LogP contribution >= 0.6 is 0 Å². The minimum atomic E-state index is -1.78. The summed E-state index contributed by atoms with van der Waals surface area (Å²) in [5.41, 5.74) is 0. The fourth-order valence-corrected chi connectivity index (χ4v) is 11.8. The Morgan fingerprint density at radius 2 is 0.713 bits per heavy atom. The van der Waals surface area contributed by atoms with E-state index in [-0.39, 0.29) is 12.5 Å². The maximum absolute atomic E-state index is 13.3. The highest BCUT2D eigenvalue weighted by Gasteiger charge is 2.51. The lowest BCUT2D eigenvalue weighted by Crippen LogP contribution is -2.65. The number of nitrogens with one attached hydrogen (secondary N) is 1. The van der Waals surface area contributed by atoms with Crippen LogP contribution in [-0.4, -0.2) is 140 Å². The number of rotatable bonds is 57. The Labute approximate surface area is 489 Å². The fourth-order valence-electron chi connectivity index (χ4n) is 11.8. The lowest BCUT2D eigenvalue weighted by atomic mass is 9.97. The molecule has 9 N–H and O–H groups in total. The Kier molecular flexibility index (Phi) is 49.1. The number of hydrogen-bond donors (Lipinski definition) is 9. The van der Waals surface area contributed by atoms with Crippen LogP contribution in [0.4, 0.5) is 0 Å². The van der Waals surface area contributed by atoms with Gasteiger partial charge in [-0.1, -0.05) is 303 Å². The Balaban J connectivity index is 1.68. The van der Waals surface area contributed by atoms with E-state index in [0.717, 1.165) is 51.4 Å². The Hall–Kier alpha value is -1.01. The van der Waals surface area contributed by atoms with Gasteiger partial charge in [0.1, 0.15) is 48.8 Å². The lowest BCUT2D eigenvalue weighted by molar-refractivity contribution is -0.359. The standard InChI is InChI=1S/C66H129NO13/c1-3-5-7-9-11-13-15-17-19-21-23-25-27-28-30-32-34-36-38-40-42-44-46-48-50-58(71)67-54(53-77-65-63(76)61(74)64(57(52-69)79-65)80-66-62(75)60(73)59(72)56(51-68)78-66)55(70)49-47-45-43-41-39-37-35-33-31-29-26-24-22-20-18-16-14-12-10-8-6-4-2/h54-57,59-66,68-70,72-76H,3-53H2,1-2H3,(H,67,71). The van der Waals surface area contributed by atoms with Gasteiger partial charge in [0.25, 0.3) is 0 Å². The van der Waals surface area contributed by atoms with E-state index in [1.807, 2.05) is 0 Å². The van der Waals surface area contributed by atoms with Crippen molar-refractivity contribution in [2.24, 2.45) is 0 Å². The molecule has 2 saturated heterocycles. The number of aliphatic hydroxyl groups excluding tert-OH is 8. The molecule has 0 radical (unpaired) electrons. The van der Waals surface area contributed by atoms with Gasteiger partial charge in [0, 0.05) is 6.42 Å². The summed E-state index contributed by atoms with van der Waals surface area (Å²) in [7, 11) is 0. The highest BCUT2D eigenvalue weighted by Crippen LogP contribution is 2.30. The molecule has 12 atom stereocenters. The van der Waals surface area contributed by atoms with E-state index in [0.29, 0.717) is 12.8 Å². The molecule has 0 aromatic heterocycles. The van der Waals surface area contributed by atoms with Crippen molar-refractivity contribution in [2.45, 2.75) is 396 Å². The van der Waals surface area contributed by atoms with Crippen molar-refractivity contribution in [1.82, 2.24) is 5.32 Å². The third-order valence-corrected chi connectivity index (χ3v) is 17.3. The molecule has 12 unspecified atom stereocenters. The third kappa shape index (κ3) is 36.7. The molecule has 2 aliphatic heterocycles. The Bertz CT molecular complexity index is 1350. The third-order valence-electron chi connectivity index (χ3n) is 17.3. The second-order valence-corrected chi connectivity index (χ2v) is 24.7. The van der Waals surface area contributed by atoms with Gasteiger partial charge in [-0.25, -0.2) is 0 Å². The molecule has 80 heavy (non-hydrogen) atoms. The SMILES string of the molecule is CCCCCCCCCCCCCCCCCCCCCCCCCCC(=O)NC(COC1OC(CO)C(OC2OC(CO)C(O)C(O)C2O)C(O)C1O)C(O)CCCCCCCCCCCCCCCCCCCCCCCC. The second-order valence-electron chi connectivity index (χ2n) is 24.7. The molecule has 14 heteroatoms. The highest BCUT2D eigenvalue weighted by molar-refractivity contribution is 5.76. The van der Waals surface area contributed by atoms with Gasteiger partial charge in [-0.15, -0.1) is 0 Å². The Morgan fingerprint density at radius 1 is 0.400 bits per heavy atom. The van der Waals surface area contributed by atoms with Gasteiger partial charge in [0.05, 0.1) is 32.0 Å². The monoisotopic (exact) mass is 1140 g/mol. The van der Waals surface area contributed by atoms with Crippen molar-refractivity contribution < 1.29 is 64.6 Å². The van der Waals surface area contributed by atoms with E-state index < -0.39 is 86.8 Å². The quantitative estimate of drug-likeness (QED) is 0.0259. The summed E-state index contributed by atoms with van der Waals surface area (Å²) < 4.78 is 22.9. The average molecular weight is 1140 g/mol. The van der Waals surface area contributed by atoms with Crippen LogP contribution in [0.15, 0.2) is 0 Å². The number of aliphatic hydroxyl groups is 8. The van der Waals surface area contributed by atoms with E-state index in [4.69, 9.17) is 18.9 Å². The predicted octanol–water partition coefficient (Wildman–Crippen LogP) is 13.2. The first kappa shape index (κ1) is 75.1. The molecular weight excluding hydrogens is 1010 g/mol. The van der Waals surface area contributed by atoms with Crippen LogP contribution < -0.4 is 5.32 Å². The number of unbranched alkanes of at least 4 members (excludes halogenated alkanes) is 44. The van der Waals surface area contributed by atoms with Crippen LogP contribution in [-0.2, 0) is 23.7 Å². The number of carbonyl (C=O) groups excluding carboxylic acids is 1. The van der Waals surface area contributed by atoms with E-state index in [1.165, 1.54) is 244 Å². The van der Waals surface area contributed by atoms with Gasteiger partial charge in [-0.2, -0.15) is 0 Å². The molecule has 0 saturated carbocycles. The smallest absolute Gasteiger partial charge is 0.220 e. The zero-order valence-corrected chi connectivity index (χ0v) is 51.6. The van der Waals surface area contributed by atoms with Gasteiger partial charge < -0.3 is 65.1 Å². The summed E-state index contributed by atoms with van der Waals surface area (Å²) in [6, 6.07) is -0.824. The van der Waals surface area contributed by atoms with Crippen LogP contribution in [0.5, 0.6) is 0 Å². The molecule has 2 fully saturated rings. The van der Waals surface area contributed by atoms with Gasteiger partial charge in [-0.3, -0.25) is 4.79 Å². The topological polar surface area (TPSA) is 228 Å². The molecule has 2 aliphatic rings. The molecule has 2 heterocycles. The maximum atomic E-state index is 13.3. The van der Waals surface area contributed by atoms with Crippen molar-refractivity contribution in [2.75, 3.05) is 19.8 Å². The first-order valence-electron chi connectivity index (χ1n) is 34.3. The van der Waals surface area contributed by atoms with E-state index in [2.05, 4.69) is 19.2 Å². The maximum Gasteiger partial charge on any atom is 0.220 e. The number of carbonyl (C=O) groups is 1. The highest BCUT2D eigenvalue weighted by atomic mass is 16.7. The molecule has 14 nitrogen and oxygen atoms in total. The van der Waals surface area contributed by atoms with Gasteiger partial charge >= 0.3 is 0 Å². The van der Waals surface area contributed by atoms with Crippen molar-refractivity contribution >= 4 is 5.91 Å². The molecule has 0 bridgehead atoms. The van der Waals surface area contributed by atoms with Crippen LogP contribution in [0.1, 0.15) is 322 Å². The summed E-state index contributed by atoms with van der Waals surface area (Å²) in [5.74, 6) is -0.197. The molecule has 0 aromatic rings. The summed E-state index contributed by atoms with van der Waals surface area (Å²) in [6.45, 7) is 2.93. The molecule has 0 aromatic carbocycles. The number of ether oxygens (including phenoxy) is 4. The zero-order valence-electron chi connectivity index (χ0n) is 51.6. The van der Waals surface area contributed by atoms with E-state index >= 15 is 0 Å². The first-order chi connectivity index (χ1) is 39.1. The van der Waals surface area contributed by atoms with Gasteiger partial charge in [0.15, 0.2) is 12.6 Å². The van der Waals surface area contributed by atoms with E-state index in [1.54, 1.807) is 0 Å². The Morgan fingerprint density at radius 3 is 1.06 bits per heavy atom. The van der Waals surface area contributed by atoms with Crippen molar-refractivity contribution in [3.05, 3.63) is 0 Å². The summed E-state index contributed by atoms with van der Waals surface area (Å²) in [4.78, 5) is 13.3. The summed E-state index contributed by atoms with van der Waals surface area (Å²) >= 11 is 0. The first-order valence-corrected chi connectivity index (χ1v) is 34.3. The normalized spacial score (nSPS) is 24.1. The second kappa shape index (κ2) is 52.3. The molecule has 1 amide bonds. The number of amides is 1. The van der Waals surface area contributed by atoms with Crippen molar-refractivity contribution in [3.63, 3.8) is 0 Å². The molecule has 476 valence electrons.